The van der Waals surface area contributed by atoms with E-state index in [0.29, 0.717) is 16.3 Å². The number of sulfonamides is 1. The summed E-state index contributed by atoms with van der Waals surface area (Å²) in [5.41, 5.74) is 3.97. The molecule has 0 aliphatic carbocycles. The number of carbonyl (C=O) groups is 1. The van der Waals surface area contributed by atoms with Crippen molar-refractivity contribution < 1.29 is 17.9 Å². The molecule has 0 aliphatic heterocycles. The Balaban J connectivity index is 1.89. The minimum atomic E-state index is -4.13. The Morgan fingerprint density at radius 3 is 2.47 bits per heavy atom. The van der Waals surface area contributed by atoms with E-state index in [0.717, 1.165) is 14.3 Å². The second-order valence-electron chi connectivity index (χ2n) is 7.10. The molecule has 3 aromatic carbocycles. The Morgan fingerprint density at radius 2 is 1.82 bits per heavy atom. The third-order valence-corrected chi connectivity index (χ3v) is 7.46. The maximum Gasteiger partial charge on any atom is 0.264 e. The largest absolute Gasteiger partial charge is 0.496 e. The van der Waals surface area contributed by atoms with E-state index >= 15 is 0 Å². The SMILES string of the molecule is COc1ccc(Br)cc1/C=N\NC(=O)CN(c1ccc(Cl)cc1Cl)S(=O)(=O)c1ccc(C)cc1. The van der Waals surface area contributed by atoms with Gasteiger partial charge in [-0.25, -0.2) is 13.8 Å². The molecule has 0 fully saturated rings. The molecule has 0 saturated carbocycles. The van der Waals surface area contributed by atoms with E-state index in [1.165, 1.54) is 43.7 Å². The van der Waals surface area contributed by atoms with E-state index in [-0.39, 0.29) is 15.6 Å². The molecular weight excluding hydrogens is 565 g/mol. The Labute approximate surface area is 216 Å². The van der Waals surface area contributed by atoms with Crippen LogP contribution in [0.2, 0.25) is 10.0 Å². The summed E-state index contributed by atoms with van der Waals surface area (Å²) in [6.45, 7) is 1.28. The molecule has 1 amide bonds. The van der Waals surface area contributed by atoms with Crippen LogP contribution in [-0.2, 0) is 14.8 Å². The first-order chi connectivity index (χ1) is 16.1. The molecule has 11 heteroatoms. The Hall–Kier alpha value is -2.59. The summed E-state index contributed by atoms with van der Waals surface area (Å²) in [5, 5.41) is 4.35. The van der Waals surface area contributed by atoms with Crippen molar-refractivity contribution in [2.45, 2.75) is 11.8 Å². The predicted molar refractivity (Wildman–Crippen MR) is 139 cm³/mol. The second kappa shape index (κ2) is 11.2. The number of hydrogen-bond acceptors (Lipinski definition) is 5. The third-order valence-electron chi connectivity index (χ3n) is 4.66. The van der Waals surface area contributed by atoms with E-state index in [9.17, 15) is 13.2 Å². The average molecular weight is 585 g/mol. The van der Waals surface area contributed by atoms with E-state index in [1.54, 1.807) is 30.3 Å². The summed E-state index contributed by atoms with van der Waals surface area (Å²) in [6.07, 6.45) is 1.40. The lowest BCUT2D eigenvalue weighted by atomic mass is 10.2. The topological polar surface area (TPSA) is 88.1 Å². The molecule has 0 bridgehead atoms. The number of rotatable bonds is 8. The Morgan fingerprint density at radius 1 is 1.12 bits per heavy atom. The third kappa shape index (κ3) is 6.29. The molecule has 0 saturated heterocycles. The van der Waals surface area contributed by atoms with Crippen molar-refractivity contribution in [3.8, 4) is 5.75 Å². The van der Waals surface area contributed by atoms with Gasteiger partial charge < -0.3 is 4.74 Å². The Kier molecular flexibility index (Phi) is 8.59. The lowest BCUT2D eigenvalue weighted by Crippen LogP contribution is -2.39. The summed E-state index contributed by atoms with van der Waals surface area (Å²) in [5.74, 6) is -0.121. The number of nitrogens with one attached hydrogen (secondary N) is 1. The number of anilines is 1. The van der Waals surface area contributed by atoms with E-state index in [2.05, 4.69) is 26.5 Å². The summed E-state index contributed by atoms with van der Waals surface area (Å²) in [4.78, 5) is 12.7. The van der Waals surface area contributed by atoms with Gasteiger partial charge in [0.25, 0.3) is 15.9 Å². The molecule has 0 aliphatic rings. The van der Waals surface area contributed by atoms with Gasteiger partial charge in [-0.3, -0.25) is 9.10 Å². The van der Waals surface area contributed by atoms with Gasteiger partial charge in [0.15, 0.2) is 0 Å². The molecule has 3 aromatic rings. The Bertz CT molecular complexity index is 1330. The van der Waals surface area contributed by atoms with Crippen LogP contribution >= 0.6 is 39.1 Å². The van der Waals surface area contributed by atoms with E-state index in [1.807, 2.05) is 6.92 Å². The van der Waals surface area contributed by atoms with Crippen LogP contribution in [0.25, 0.3) is 0 Å². The van der Waals surface area contributed by atoms with Crippen LogP contribution in [0.5, 0.6) is 5.75 Å². The number of hydrazone groups is 1. The molecule has 0 radical (unpaired) electrons. The van der Waals surface area contributed by atoms with E-state index < -0.39 is 22.5 Å². The lowest BCUT2D eigenvalue weighted by molar-refractivity contribution is -0.119. The lowest BCUT2D eigenvalue weighted by Gasteiger charge is -2.24. The number of amides is 1. The summed E-state index contributed by atoms with van der Waals surface area (Å²) in [7, 11) is -2.61. The molecule has 0 atom stereocenters. The van der Waals surface area contributed by atoms with Crippen molar-refractivity contribution in [1.82, 2.24) is 5.43 Å². The predicted octanol–water partition coefficient (Wildman–Crippen LogP) is 5.42. The van der Waals surface area contributed by atoms with Crippen LogP contribution in [0.4, 0.5) is 5.69 Å². The van der Waals surface area contributed by atoms with Crippen molar-refractivity contribution in [2.24, 2.45) is 5.10 Å². The fourth-order valence-corrected chi connectivity index (χ4v) is 5.35. The van der Waals surface area contributed by atoms with Crippen LogP contribution in [0.15, 0.2) is 75.1 Å². The van der Waals surface area contributed by atoms with Crippen molar-refractivity contribution in [3.05, 3.63) is 86.3 Å². The van der Waals surface area contributed by atoms with E-state index in [4.69, 9.17) is 27.9 Å². The van der Waals surface area contributed by atoms with Crippen LogP contribution < -0.4 is 14.5 Å². The first-order valence-corrected chi connectivity index (χ1v) is 12.8. The van der Waals surface area contributed by atoms with Crippen molar-refractivity contribution in [2.75, 3.05) is 18.0 Å². The number of benzene rings is 3. The fourth-order valence-electron chi connectivity index (χ4n) is 2.97. The minimum absolute atomic E-state index is 0.0132. The molecule has 0 spiro atoms. The van der Waals surface area contributed by atoms with Crippen LogP contribution in [-0.4, -0.2) is 34.2 Å². The smallest absolute Gasteiger partial charge is 0.264 e. The highest BCUT2D eigenvalue weighted by Gasteiger charge is 2.28. The molecule has 34 heavy (non-hydrogen) atoms. The molecule has 7 nitrogen and oxygen atoms in total. The van der Waals surface area contributed by atoms with Crippen molar-refractivity contribution in [3.63, 3.8) is 0 Å². The molecule has 178 valence electrons. The molecule has 3 rings (SSSR count). The van der Waals surface area contributed by atoms with Gasteiger partial charge in [-0.2, -0.15) is 5.10 Å². The standard InChI is InChI=1S/C23H20BrCl2N3O4S/c1-15-3-7-19(8-4-15)34(31,32)29(21-9-6-18(25)12-20(21)26)14-23(30)28-27-13-16-11-17(24)5-10-22(16)33-2/h3-13H,14H2,1-2H3,(H,28,30)/b27-13-. The monoisotopic (exact) mass is 583 g/mol. The summed E-state index contributed by atoms with van der Waals surface area (Å²) >= 11 is 15.6. The fraction of sp³-hybridized carbons (Fsp3) is 0.130. The molecular formula is C23H20BrCl2N3O4S. The quantitative estimate of drug-likeness (QED) is 0.283. The average Bonchev–Trinajstić information content (AvgIpc) is 2.78. The number of carbonyl (C=O) groups excluding carboxylic acids is 1. The van der Waals surface area contributed by atoms with Crippen LogP contribution in [0, 0.1) is 6.92 Å². The minimum Gasteiger partial charge on any atom is -0.496 e. The number of aryl methyl sites for hydroxylation is 1. The zero-order chi connectivity index (χ0) is 24.9. The van der Waals surface area contributed by atoms with Gasteiger partial charge in [0.2, 0.25) is 0 Å². The van der Waals surface area contributed by atoms with Gasteiger partial charge in [0.05, 0.1) is 28.9 Å². The number of halogens is 3. The highest BCUT2D eigenvalue weighted by molar-refractivity contribution is 9.10. The second-order valence-corrected chi connectivity index (χ2v) is 10.7. The first kappa shape index (κ1) is 26.0. The number of methoxy groups -OCH3 is 1. The van der Waals surface area contributed by atoms with Gasteiger partial charge in [-0.1, -0.05) is 56.8 Å². The zero-order valence-corrected chi connectivity index (χ0v) is 22.0. The highest BCUT2D eigenvalue weighted by atomic mass is 79.9. The first-order valence-electron chi connectivity index (χ1n) is 9.81. The highest BCUT2D eigenvalue weighted by Crippen LogP contribution is 2.32. The molecule has 0 aromatic heterocycles. The summed E-state index contributed by atoms with van der Waals surface area (Å²) < 4.78 is 33.8. The number of nitrogens with zero attached hydrogens (tertiary/aromatic N) is 2. The normalized spacial score (nSPS) is 11.4. The molecule has 0 heterocycles. The van der Waals surface area contributed by atoms with Gasteiger partial charge in [-0.05, 0) is 55.5 Å². The molecule has 1 N–H and O–H groups in total. The zero-order valence-electron chi connectivity index (χ0n) is 18.1. The van der Waals surface area contributed by atoms with Gasteiger partial charge in [0, 0.05) is 15.1 Å². The molecule has 0 unspecified atom stereocenters. The number of ether oxygens (including phenoxy) is 1. The van der Waals surface area contributed by atoms with Crippen molar-refractivity contribution in [1.29, 1.82) is 0 Å². The van der Waals surface area contributed by atoms with Gasteiger partial charge in [0.1, 0.15) is 12.3 Å². The summed E-state index contributed by atoms with van der Waals surface area (Å²) in [6, 6.07) is 15.9. The van der Waals surface area contributed by atoms with Crippen molar-refractivity contribution >= 4 is 67.0 Å². The van der Waals surface area contributed by atoms with Crippen LogP contribution in [0.1, 0.15) is 11.1 Å². The maximum atomic E-state index is 13.4. The van der Waals surface area contributed by atoms with Gasteiger partial charge in [-0.15, -0.1) is 0 Å². The van der Waals surface area contributed by atoms with Gasteiger partial charge >= 0.3 is 0 Å². The maximum absolute atomic E-state index is 13.4. The number of hydrogen-bond donors (Lipinski definition) is 1. The van der Waals surface area contributed by atoms with Crippen LogP contribution in [0.3, 0.4) is 0 Å².